The van der Waals surface area contributed by atoms with Crippen molar-refractivity contribution < 1.29 is 10.4 Å². The second-order valence-electron chi connectivity index (χ2n) is 3.77. The van der Waals surface area contributed by atoms with E-state index in [1.165, 1.54) is 0 Å². The summed E-state index contributed by atoms with van der Waals surface area (Å²) in [5.41, 5.74) is 1.09. The average Bonchev–Trinajstić information content (AvgIpc) is 2.16. The van der Waals surface area contributed by atoms with E-state index in [1.54, 1.807) is 0 Å². The zero-order valence-electron chi connectivity index (χ0n) is 8.06. The zero-order chi connectivity index (χ0) is 9.84. The number of rotatable bonds is 1. The first-order chi connectivity index (χ1) is 6.20. The molecule has 4 nitrogen and oxygen atoms in total. The number of nitrogens with zero attached hydrogens (tertiary/aromatic N) is 2. The maximum absolute atomic E-state index is 8.81. The molecule has 1 atom stereocenters. The highest BCUT2D eigenvalue weighted by atomic mass is 16.4. The Morgan fingerprint density at radius 3 is 2.46 bits per heavy atom. The van der Waals surface area contributed by atoms with Gasteiger partial charge >= 0.3 is 0 Å². The van der Waals surface area contributed by atoms with E-state index in [1.807, 2.05) is 0 Å². The van der Waals surface area contributed by atoms with Gasteiger partial charge in [-0.3, -0.25) is 0 Å². The summed E-state index contributed by atoms with van der Waals surface area (Å²) in [7, 11) is 0. The van der Waals surface area contributed by atoms with Crippen LogP contribution in [0.25, 0.3) is 0 Å². The van der Waals surface area contributed by atoms with Gasteiger partial charge in [0.25, 0.3) is 0 Å². The number of hydrogen-bond acceptors (Lipinski definition) is 4. The van der Waals surface area contributed by atoms with Gasteiger partial charge in [-0.1, -0.05) is 24.2 Å². The first-order valence-electron chi connectivity index (χ1n) is 4.64. The highest BCUT2D eigenvalue weighted by molar-refractivity contribution is 6.43. The van der Waals surface area contributed by atoms with Gasteiger partial charge in [-0.05, 0) is 25.2 Å². The summed E-state index contributed by atoms with van der Waals surface area (Å²) in [6.45, 7) is 4.16. The molecule has 0 aromatic carbocycles. The normalized spacial score (nSPS) is 30.2. The van der Waals surface area contributed by atoms with Gasteiger partial charge in [0.05, 0.1) is 0 Å². The van der Waals surface area contributed by atoms with E-state index in [4.69, 9.17) is 10.4 Å². The van der Waals surface area contributed by atoms with Crippen molar-refractivity contribution in [3.05, 3.63) is 0 Å². The SMILES string of the molecule is CC(C)C1CCCC(=N\O)/C1=N\O. The van der Waals surface area contributed by atoms with Crippen LogP contribution < -0.4 is 0 Å². The third-order valence-corrected chi connectivity index (χ3v) is 2.61. The van der Waals surface area contributed by atoms with Crippen LogP contribution in [-0.4, -0.2) is 21.8 Å². The maximum atomic E-state index is 8.81. The molecule has 0 saturated heterocycles. The van der Waals surface area contributed by atoms with Gasteiger partial charge in [0.1, 0.15) is 11.4 Å². The van der Waals surface area contributed by atoms with Crippen molar-refractivity contribution in [3.63, 3.8) is 0 Å². The van der Waals surface area contributed by atoms with Crippen molar-refractivity contribution in [2.45, 2.75) is 33.1 Å². The third-order valence-electron chi connectivity index (χ3n) is 2.61. The molecule has 2 N–H and O–H groups in total. The minimum Gasteiger partial charge on any atom is -0.411 e. The molecular weight excluding hydrogens is 168 g/mol. The van der Waals surface area contributed by atoms with Crippen LogP contribution in [0.15, 0.2) is 10.3 Å². The Kier molecular flexibility index (Phi) is 3.28. The summed E-state index contributed by atoms with van der Waals surface area (Å²) < 4.78 is 0. The minimum atomic E-state index is 0.227. The minimum absolute atomic E-state index is 0.227. The lowest BCUT2D eigenvalue weighted by Gasteiger charge is -2.26. The third kappa shape index (κ3) is 1.99. The number of hydrogen-bond donors (Lipinski definition) is 2. The Morgan fingerprint density at radius 2 is 2.00 bits per heavy atom. The van der Waals surface area contributed by atoms with Gasteiger partial charge < -0.3 is 10.4 Å². The van der Waals surface area contributed by atoms with Crippen molar-refractivity contribution in [3.8, 4) is 0 Å². The van der Waals surface area contributed by atoms with Crippen LogP contribution in [0.2, 0.25) is 0 Å². The fraction of sp³-hybridized carbons (Fsp3) is 0.778. The highest BCUT2D eigenvalue weighted by Gasteiger charge is 2.28. The van der Waals surface area contributed by atoms with Crippen molar-refractivity contribution in [2.24, 2.45) is 22.1 Å². The Labute approximate surface area is 77.9 Å². The molecule has 0 heterocycles. The van der Waals surface area contributed by atoms with Crippen LogP contribution in [0.4, 0.5) is 0 Å². The first-order valence-corrected chi connectivity index (χ1v) is 4.64. The Morgan fingerprint density at radius 1 is 1.31 bits per heavy atom. The Balaban J connectivity index is 2.87. The predicted molar refractivity (Wildman–Crippen MR) is 50.6 cm³/mol. The monoisotopic (exact) mass is 184 g/mol. The van der Waals surface area contributed by atoms with Gasteiger partial charge in [0.2, 0.25) is 0 Å². The van der Waals surface area contributed by atoms with Gasteiger partial charge in [-0.15, -0.1) is 0 Å². The molecule has 1 aliphatic rings. The first kappa shape index (κ1) is 10.0. The van der Waals surface area contributed by atoms with Crippen LogP contribution in [-0.2, 0) is 0 Å². The van der Waals surface area contributed by atoms with E-state index >= 15 is 0 Å². The van der Waals surface area contributed by atoms with Crippen LogP contribution in [0, 0.1) is 11.8 Å². The molecule has 0 aliphatic heterocycles. The standard InChI is InChI=1S/C9H16N2O2/c1-6(2)7-4-3-5-8(10-12)9(7)11-13/h6-7,12-13H,3-5H2,1-2H3/b10-8+,11-9-. The Hall–Kier alpha value is -1.06. The molecule has 0 radical (unpaired) electrons. The molecule has 1 rings (SSSR count). The molecule has 1 saturated carbocycles. The van der Waals surface area contributed by atoms with Crippen molar-refractivity contribution in [2.75, 3.05) is 0 Å². The largest absolute Gasteiger partial charge is 0.411 e. The van der Waals surface area contributed by atoms with E-state index in [0.717, 1.165) is 12.8 Å². The fourth-order valence-corrected chi connectivity index (χ4v) is 1.85. The van der Waals surface area contributed by atoms with E-state index in [0.29, 0.717) is 23.8 Å². The van der Waals surface area contributed by atoms with Gasteiger partial charge in [-0.25, -0.2) is 0 Å². The van der Waals surface area contributed by atoms with Crippen molar-refractivity contribution >= 4 is 11.4 Å². The van der Waals surface area contributed by atoms with E-state index in [9.17, 15) is 0 Å². The van der Waals surface area contributed by atoms with E-state index in [2.05, 4.69) is 24.2 Å². The molecule has 74 valence electrons. The highest BCUT2D eigenvalue weighted by Crippen LogP contribution is 2.26. The van der Waals surface area contributed by atoms with E-state index in [-0.39, 0.29) is 5.92 Å². The summed E-state index contributed by atoms with van der Waals surface area (Å²) in [5.74, 6) is 0.646. The van der Waals surface area contributed by atoms with E-state index < -0.39 is 0 Å². The summed E-state index contributed by atoms with van der Waals surface area (Å²) in [4.78, 5) is 0. The zero-order valence-corrected chi connectivity index (χ0v) is 8.06. The molecule has 1 aliphatic carbocycles. The smallest absolute Gasteiger partial charge is 0.108 e. The lowest BCUT2D eigenvalue weighted by Crippen LogP contribution is -2.32. The lowest BCUT2D eigenvalue weighted by molar-refractivity contribution is 0.302. The molecule has 0 aromatic heterocycles. The molecular formula is C9H16N2O2. The van der Waals surface area contributed by atoms with Gasteiger partial charge in [0.15, 0.2) is 0 Å². The fourth-order valence-electron chi connectivity index (χ4n) is 1.85. The second kappa shape index (κ2) is 4.25. The summed E-state index contributed by atoms with van der Waals surface area (Å²) in [6.07, 6.45) is 2.72. The molecule has 4 heteroatoms. The summed E-state index contributed by atoms with van der Waals surface area (Å²) in [5, 5.41) is 23.9. The van der Waals surface area contributed by atoms with Crippen LogP contribution in [0.3, 0.4) is 0 Å². The van der Waals surface area contributed by atoms with Crippen molar-refractivity contribution in [1.82, 2.24) is 0 Å². The summed E-state index contributed by atoms with van der Waals surface area (Å²) >= 11 is 0. The Bertz CT molecular complexity index is 234. The quantitative estimate of drug-likeness (QED) is 0.484. The van der Waals surface area contributed by atoms with Crippen molar-refractivity contribution in [1.29, 1.82) is 0 Å². The molecule has 0 aromatic rings. The second-order valence-corrected chi connectivity index (χ2v) is 3.77. The number of oxime groups is 2. The molecule has 0 spiro atoms. The summed E-state index contributed by atoms with van der Waals surface area (Å²) in [6, 6.07) is 0. The van der Waals surface area contributed by atoms with Crippen LogP contribution in [0.1, 0.15) is 33.1 Å². The van der Waals surface area contributed by atoms with Crippen LogP contribution in [0.5, 0.6) is 0 Å². The predicted octanol–water partition coefficient (Wildman–Crippen LogP) is 2.10. The average molecular weight is 184 g/mol. The molecule has 13 heavy (non-hydrogen) atoms. The molecule has 1 unspecified atom stereocenters. The van der Waals surface area contributed by atoms with Crippen LogP contribution >= 0.6 is 0 Å². The molecule has 0 bridgehead atoms. The maximum Gasteiger partial charge on any atom is 0.108 e. The molecule has 0 amide bonds. The lowest BCUT2D eigenvalue weighted by atomic mass is 9.79. The van der Waals surface area contributed by atoms with Gasteiger partial charge in [0, 0.05) is 5.92 Å². The topological polar surface area (TPSA) is 65.2 Å². The van der Waals surface area contributed by atoms with Gasteiger partial charge in [-0.2, -0.15) is 0 Å². The molecule has 1 fully saturated rings.